The van der Waals surface area contributed by atoms with Crippen LogP contribution in [0.4, 0.5) is 0 Å². The van der Waals surface area contributed by atoms with Crippen LogP contribution in [-0.4, -0.2) is 59.4 Å². The van der Waals surface area contributed by atoms with Crippen molar-refractivity contribution in [3.63, 3.8) is 0 Å². The lowest BCUT2D eigenvalue weighted by atomic mass is 9.75. The summed E-state index contributed by atoms with van der Waals surface area (Å²) in [6.45, 7) is 7.52. The summed E-state index contributed by atoms with van der Waals surface area (Å²) in [6, 6.07) is 0. The van der Waals surface area contributed by atoms with E-state index in [0.717, 1.165) is 37.5 Å². The summed E-state index contributed by atoms with van der Waals surface area (Å²) in [5, 5.41) is 3.09. The molecule has 0 spiro atoms. The van der Waals surface area contributed by atoms with Crippen LogP contribution in [0.25, 0.3) is 0 Å². The molecule has 0 bridgehead atoms. The van der Waals surface area contributed by atoms with Gasteiger partial charge in [-0.25, -0.2) is 4.98 Å². The second-order valence-corrected chi connectivity index (χ2v) is 7.72. The number of thiazole rings is 1. The lowest BCUT2D eigenvalue weighted by Crippen LogP contribution is -2.42. The van der Waals surface area contributed by atoms with Crippen molar-refractivity contribution in [3.8, 4) is 0 Å². The molecular formula is C17H25N3O3S. The predicted molar refractivity (Wildman–Crippen MR) is 91.4 cm³/mol. The SMILES string of the molecule is CCOC(=O)[C@]12CCCN(Cc3nccs3)C[C@H]1CN(C(C)=O)C2. The van der Waals surface area contributed by atoms with E-state index in [1.807, 2.05) is 23.4 Å². The molecule has 2 saturated heterocycles. The zero-order chi connectivity index (χ0) is 17.2. The number of nitrogens with zero attached hydrogens (tertiary/aromatic N) is 3. The van der Waals surface area contributed by atoms with Gasteiger partial charge in [0.2, 0.25) is 5.91 Å². The highest BCUT2D eigenvalue weighted by molar-refractivity contribution is 7.09. The number of hydrogen-bond acceptors (Lipinski definition) is 6. The predicted octanol–water partition coefficient (Wildman–Crippen LogP) is 1.77. The second-order valence-electron chi connectivity index (χ2n) is 6.74. The van der Waals surface area contributed by atoms with Gasteiger partial charge in [-0.15, -0.1) is 11.3 Å². The first-order valence-electron chi connectivity index (χ1n) is 8.58. The van der Waals surface area contributed by atoms with Crippen LogP contribution >= 0.6 is 11.3 Å². The Bertz CT molecular complexity index is 592. The molecule has 1 aromatic rings. The highest BCUT2D eigenvalue weighted by atomic mass is 32.1. The van der Waals surface area contributed by atoms with Crippen molar-refractivity contribution in [2.24, 2.45) is 11.3 Å². The number of fused-ring (bicyclic) bond motifs is 1. The topological polar surface area (TPSA) is 62.7 Å². The second kappa shape index (κ2) is 7.19. The first-order chi connectivity index (χ1) is 11.5. The molecule has 0 aromatic carbocycles. The van der Waals surface area contributed by atoms with Gasteiger partial charge in [-0.05, 0) is 26.3 Å². The molecule has 0 unspecified atom stereocenters. The maximum Gasteiger partial charge on any atom is 0.314 e. The Balaban J connectivity index is 1.80. The molecular weight excluding hydrogens is 326 g/mol. The average Bonchev–Trinajstić information content (AvgIpc) is 3.13. The minimum Gasteiger partial charge on any atom is -0.466 e. The summed E-state index contributed by atoms with van der Waals surface area (Å²) in [5.41, 5.74) is -0.542. The van der Waals surface area contributed by atoms with E-state index in [-0.39, 0.29) is 17.8 Å². The molecule has 3 heterocycles. The van der Waals surface area contributed by atoms with E-state index in [1.165, 1.54) is 0 Å². The minimum atomic E-state index is -0.542. The Kier molecular flexibility index (Phi) is 5.20. The molecule has 2 aliphatic heterocycles. The van der Waals surface area contributed by atoms with E-state index in [9.17, 15) is 9.59 Å². The fraction of sp³-hybridized carbons (Fsp3) is 0.706. The Morgan fingerprint density at radius 3 is 2.96 bits per heavy atom. The maximum atomic E-state index is 12.8. The van der Waals surface area contributed by atoms with Crippen molar-refractivity contribution < 1.29 is 14.3 Å². The molecule has 0 radical (unpaired) electrons. The monoisotopic (exact) mass is 351 g/mol. The van der Waals surface area contributed by atoms with E-state index in [2.05, 4.69) is 9.88 Å². The number of rotatable bonds is 4. The number of carbonyl (C=O) groups excluding carboxylic acids is 2. The molecule has 1 aromatic heterocycles. The Hall–Kier alpha value is -1.47. The van der Waals surface area contributed by atoms with Crippen LogP contribution in [0.2, 0.25) is 0 Å². The third-order valence-electron chi connectivity index (χ3n) is 5.24. The van der Waals surface area contributed by atoms with Crippen LogP contribution < -0.4 is 0 Å². The standard InChI is InChI=1S/C17H25N3O3S/c1-3-23-16(22)17-5-4-7-19(11-15-18-6-8-24-15)9-14(17)10-20(12-17)13(2)21/h6,8,14H,3-5,7,9-12H2,1-2H3/t14-,17-/m0/s1. The third-order valence-corrected chi connectivity index (χ3v) is 6.01. The Morgan fingerprint density at radius 2 is 2.29 bits per heavy atom. The van der Waals surface area contributed by atoms with Gasteiger partial charge in [0, 0.05) is 44.1 Å². The molecule has 0 saturated carbocycles. The first kappa shape index (κ1) is 17.4. The van der Waals surface area contributed by atoms with E-state index < -0.39 is 5.41 Å². The summed E-state index contributed by atoms with van der Waals surface area (Å²) in [4.78, 5) is 33.2. The van der Waals surface area contributed by atoms with E-state index in [0.29, 0.717) is 19.7 Å². The molecule has 2 aliphatic rings. The van der Waals surface area contributed by atoms with Crippen LogP contribution in [0.5, 0.6) is 0 Å². The molecule has 24 heavy (non-hydrogen) atoms. The minimum absolute atomic E-state index is 0.0400. The van der Waals surface area contributed by atoms with Crippen molar-refractivity contribution in [2.45, 2.75) is 33.2 Å². The van der Waals surface area contributed by atoms with Gasteiger partial charge in [0.1, 0.15) is 5.01 Å². The summed E-state index contributed by atoms with van der Waals surface area (Å²) < 4.78 is 5.41. The molecule has 0 N–H and O–H groups in total. The number of hydrogen-bond donors (Lipinski definition) is 0. The number of ether oxygens (including phenoxy) is 1. The van der Waals surface area contributed by atoms with Gasteiger partial charge in [-0.2, -0.15) is 0 Å². The third kappa shape index (κ3) is 3.32. The Morgan fingerprint density at radius 1 is 1.46 bits per heavy atom. The van der Waals surface area contributed by atoms with Crippen LogP contribution in [0, 0.1) is 11.3 Å². The fourth-order valence-corrected chi connectivity index (χ4v) is 4.68. The average molecular weight is 351 g/mol. The highest BCUT2D eigenvalue weighted by Crippen LogP contribution is 2.44. The largest absolute Gasteiger partial charge is 0.466 e. The van der Waals surface area contributed by atoms with Gasteiger partial charge in [0.15, 0.2) is 0 Å². The van der Waals surface area contributed by atoms with Crippen molar-refractivity contribution in [1.29, 1.82) is 0 Å². The lowest BCUT2D eigenvalue weighted by Gasteiger charge is -2.31. The van der Waals surface area contributed by atoms with Gasteiger partial charge in [-0.3, -0.25) is 14.5 Å². The summed E-state index contributed by atoms with van der Waals surface area (Å²) in [7, 11) is 0. The summed E-state index contributed by atoms with van der Waals surface area (Å²) in [6.07, 6.45) is 3.55. The van der Waals surface area contributed by atoms with Crippen LogP contribution in [0.15, 0.2) is 11.6 Å². The van der Waals surface area contributed by atoms with E-state index in [1.54, 1.807) is 18.3 Å². The number of likely N-dealkylation sites (tertiary alicyclic amines) is 2. The van der Waals surface area contributed by atoms with Crippen molar-refractivity contribution >= 4 is 23.2 Å². The zero-order valence-corrected chi connectivity index (χ0v) is 15.2. The smallest absolute Gasteiger partial charge is 0.314 e. The first-order valence-corrected chi connectivity index (χ1v) is 9.46. The van der Waals surface area contributed by atoms with Crippen molar-refractivity contribution in [1.82, 2.24) is 14.8 Å². The maximum absolute atomic E-state index is 12.8. The van der Waals surface area contributed by atoms with Gasteiger partial charge < -0.3 is 9.64 Å². The summed E-state index contributed by atoms with van der Waals surface area (Å²) in [5.74, 6) is 0.0379. The van der Waals surface area contributed by atoms with Crippen molar-refractivity contribution in [2.75, 3.05) is 32.8 Å². The number of amides is 1. The molecule has 0 aliphatic carbocycles. The van der Waals surface area contributed by atoms with Crippen molar-refractivity contribution in [3.05, 3.63) is 16.6 Å². The molecule has 132 valence electrons. The lowest BCUT2D eigenvalue weighted by molar-refractivity contribution is -0.157. The number of esters is 1. The fourth-order valence-electron chi connectivity index (χ4n) is 4.03. The summed E-state index contributed by atoms with van der Waals surface area (Å²) >= 11 is 1.66. The van der Waals surface area contributed by atoms with Crippen LogP contribution in [0.1, 0.15) is 31.7 Å². The van der Waals surface area contributed by atoms with E-state index >= 15 is 0 Å². The molecule has 3 rings (SSSR count). The van der Waals surface area contributed by atoms with Gasteiger partial charge in [-0.1, -0.05) is 0 Å². The van der Waals surface area contributed by atoms with Crippen LogP contribution in [-0.2, 0) is 20.9 Å². The number of aromatic nitrogens is 1. The molecule has 2 atom stereocenters. The van der Waals surface area contributed by atoms with E-state index in [4.69, 9.17) is 4.74 Å². The molecule has 2 fully saturated rings. The quantitative estimate of drug-likeness (QED) is 0.774. The Labute approximate surface area is 146 Å². The normalized spacial score (nSPS) is 27.6. The number of carbonyl (C=O) groups is 2. The molecule has 6 nitrogen and oxygen atoms in total. The van der Waals surface area contributed by atoms with Gasteiger partial charge >= 0.3 is 5.97 Å². The highest BCUT2D eigenvalue weighted by Gasteiger charge is 2.54. The van der Waals surface area contributed by atoms with Crippen LogP contribution in [0.3, 0.4) is 0 Å². The molecule has 7 heteroatoms. The zero-order valence-electron chi connectivity index (χ0n) is 14.4. The molecule has 1 amide bonds. The van der Waals surface area contributed by atoms with Gasteiger partial charge in [0.25, 0.3) is 0 Å². The van der Waals surface area contributed by atoms with Gasteiger partial charge in [0.05, 0.1) is 18.6 Å².